The minimum absolute atomic E-state index is 0.0572. The highest BCUT2D eigenvalue weighted by molar-refractivity contribution is 6.30. The summed E-state index contributed by atoms with van der Waals surface area (Å²) >= 11 is 5.91. The molecule has 0 bridgehead atoms. The molecule has 20 heavy (non-hydrogen) atoms. The number of halogens is 1. The summed E-state index contributed by atoms with van der Waals surface area (Å²) in [6, 6.07) is 7.62. The molecule has 1 unspecified atom stereocenters. The fourth-order valence-electron chi connectivity index (χ4n) is 2.26. The van der Waals surface area contributed by atoms with E-state index in [-0.39, 0.29) is 12.0 Å². The van der Waals surface area contributed by atoms with Crippen molar-refractivity contribution in [2.75, 3.05) is 33.3 Å². The van der Waals surface area contributed by atoms with E-state index >= 15 is 0 Å². The molecule has 4 nitrogen and oxygen atoms in total. The van der Waals surface area contributed by atoms with Gasteiger partial charge in [-0.05, 0) is 31.2 Å². The van der Waals surface area contributed by atoms with Gasteiger partial charge in [-0.15, -0.1) is 0 Å². The molecule has 1 heterocycles. The number of nitrogens with zero attached hydrogens (tertiary/aromatic N) is 1. The predicted molar refractivity (Wildman–Crippen MR) is 80.0 cm³/mol. The smallest absolute Gasteiger partial charge is 0.220 e. The maximum atomic E-state index is 11.8. The van der Waals surface area contributed by atoms with Crippen LogP contribution >= 0.6 is 11.6 Å². The summed E-state index contributed by atoms with van der Waals surface area (Å²) in [5.74, 6) is 0.0572. The van der Waals surface area contributed by atoms with Crippen LogP contribution in [0, 0.1) is 0 Å². The van der Waals surface area contributed by atoms with Crippen molar-refractivity contribution in [3.63, 3.8) is 0 Å². The molecule has 1 fully saturated rings. The van der Waals surface area contributed by atoms with Crippen molar-refractivity contribution >= 4 is 17.5 Å². The maximum Gasteiger partial charge on any atom is 0.220 e. The van der Waals surface area contributed by atoms with Gasteiger partial charge < -0.3 is 15.0 Å². The Hall–Kier alpha value is -1.10. The quantitative estimate of drug-likeness (QED) is 0.899. The maximum absolute atomic E-state index is 11.8. The Balaban J connectivity index is 1.67. The van der Waals surface area contributed by atoms with Gasteiger partial charge in [-0.2, -0.15) is 0 Å². The zero-order chi connectivity index (χ0) is 14.4. The molecule has 0 radical (unpaired) electrons. The van der Waals surface area contributed by atoms with Crippen molar-refractivity contribution in [2.45, 2.75) is 18.9 Å². The average molecular weight is 297 g/mol. The lowest BCUT2D eigenvalue weighted by molar-refractivity contribution is -0.122. The number of hydrogen-bond donors (Lipinski definition) is 1. The van der Waals surface area contributed by atoms with Crippen molar-refractivity contribution in [1.29, 1.82) is 0 Å². The molecule has 0 aliphatic carbocycles. The van der Waals surface area contributed by atoms with Gasteiger partial charge in [0.15, 0.2) is 0 Å². The molecule has 110 valence electrons. The Morgan fingerprint density at radius 1 is 1.55 bits per heavy atom. The van der Waals surface area contributed by atoms with E-state index in [1.807, 2.05) is 24.3 Å². The van der Waals surface area contributed by atoms with Gasteiger partial charge in [0.25, 0.3) is 0 Å². The standard InChI is InChI=1S/C15H21ClN2O2/c1-18-7-8-20-14(11-18)10-17-15(19)6-5-12-3-2-4-13(16)9-12/h2-4,9,14H,5-8,10-11H2,1H3,(H,17,19). The van der Waals surface area contributed by atoms with Gasteiger partial charge in [0, 0.05) is 31.1 Å². The molecule has 0 saturated carbocycles. The lowest BCUT2D eigenvalue weighted by atomic mass is 10.1. The van der Waals surface area contributed by atoms with Crippen LogP contribution in [-0.4, -0.2) is 50.2 Å². The largest absolute Gasteiger partial charge is 0.374 e. The summed E-state index contributed by atoms with van der Waals surface area (Å²) in [5.41, 5.74) is 1.08. The normalized spacial score (nSPS) is 19.8. The fourth-order valence-corrected chi connectivity index (χ4v) is 2.47. The van der Waals surface area contributed by atoms with Crippen LogP contribution < -0.4 is 5.32 Å². The van der Waals surface area contributed by atoms with Crippen LogP contribution in [0.3, 0.4) is 0 Å². The average Bonchev–Trinajstić information content (AvgIpc) is 2.43. The second kappa shape index (κ2) is 7.62. The van der Waals surface area contributed by atoms with E-state index in [9.17, 15) is 4.79 Å². The highest BCUT2D eigenvalue weighted by Gasteiger charge is 2.17. The van der Waals surface area contributed by atoms with Crippen molar-refractivity contribution in [2.24, 2.45) is 0 Å². The third-order valence-corrected chi connectivity index (χ3v) is 3.63. The summed E-state index contributed by atoms with van der Waals surface area (Å²) in [6.45, 7) is 3.14. The van der Waals surface area contributed by atoms with Crippen LogP contribution in [-0.2, 0) is 16.0 Å². The number of ether oxygens (including phenoxy) is 1. The number of likely N-dealkylation sites (N-methyl/N-ethyl adjacent to an activating group) is 1. The summed E-state index contributed by atoms with van der Waals surface area (Å²) in [6.07, 6.45) is 1.28. The van der Waals surface area contributed by atoms with Gasteiger partial charge in [-0.25, -0.2) is 0 Å². The Labute approximate surface area is 125 Å². The molecule has 1 saturated heterocycles. The minimum Gasteiger partial charge on any atom is -0.374 e. The summed E-state index contributed by atoms with van der Waals surface area (Å²) in [7, 11) is 2.07. The van der Waals surface area contributed by atoms with Crippen LogP contribution in [0.2, 0.25) is 5.02 Å². The van der Waals surface area contributed by atoms with Gasteiger partial charge in [-0.3, -0.25) is 4.79 Å². The molecule has 0 aromatic heterocycles. The Kier molecular flexibility index (Phi) is 5.83. The van der Waals surface area contributed by atoms with E-state index in [0.717, 1.165) is 25.3 Å². The van der Waals surface area contributed by atoms with Crippen molar-refractivity contribution in [1.82, 2.24) is 10.2 Å². The lowest BCUT2D eigenvalue weighted by Gasteiger charge is -2.30. The minimum atomic E-state index is 0.0572. The van der Waals surface area contributed by atoms with E-state index in [1.165, 1.54) is 0 Å². The van der Waals surface area contributed by atoms with Gasteiger partial charge >= 0.3 is 0 Å². The molecule has 1 aromatic carbocycles. The Morgan fingerprint density at radius 2 is 2.40 bits per heavy atom. The predicted octanol–water partition coefficient (Wildman–Crippen LogP) is 1.72. The molecule has 1 N–H and O–H groups in total. The van der Waals surface area contributed by atoms with Crippen LogP contribution in [0.15, 0.2) is 24.3 Å². The molecule has 1 aromatic rings. The highest BCUT2D eigenvalue weighted by atomic mass is 35.5. The zero-order valence-corrected chi connectivity index (χ0v) is 12.5. The Morgan fingerprint density at radius 3 is 3.15 bits per heavy atom. The molecule has 5 heteroatoms. The lowest BCUT2D eigenvalue weighted by Crippen LogP contribution is -2.45. The molecule has 1 amide bonds. The van der Waals surface area contributed by atoms with Crippen LogP contribution in [0.1, 0.15) is 12.0 Å². The van der Waals surface area contributed by atoms with Gasteiger partial charge in [0.2, 0.25) is 5.91 Å². The number of hydrogen-bond acceptors (Lipinski definition) is 3. The number of amides is 1. The molecule has 1 atom stereocenters. The van der Waals surface area contributed by atoms with Crippen LogP contribution in [0.25, 0.3) is 0 Å². The van der Waals surface area contributed by atoms with Crippen molar-refractivity contribution < 1.29 is 9.53 Å². The summed E-state index contributed by atoms with van der Waals surface area (Å²) in [4.78, 5) is 14.0. The second-order valence-electron chi connectivity index (χ2n) is 5.19. The number of rotatable bonds is 5. The van der Waals surface area contributed by atoms with E-state index in [2.05, 4.69) is 17.3 Å². The number of aryl methyl sites for hydroxylation is 1. The van der Waals surface area contributed by atoms with Gasteiger partial charge in [-0.1, -0.05) is 23.7 Å². The first kappa shape index (κ1) is 15.3. The van der Waals surface area contributed by atoms with E-state index < -0.39 is 0 Å². The number of benzene rings is 1. The van der Waals surface area contributed by atoms with Gasteiger partial charge in [0.05, 0.1) is 12.7 Å². The third kappa shape index (κ3) is 5.12. The zero-order valence-electron chi connectivity index (χ0n) is 11.8. The topological polar surface area (TPSA) is 41.6 Å². The SMILES string of the molecule is CN1CCOC(CNC(=O)CCc2cccc(Cl)c2)C1. The van der Waals surface area contributed by atoms with E-state index in [1.54, 1.807) is 0 Å². The fraction of sp³-hybridized carbons (Fsp3) is 0.533. The highest BCUT2D eigenvalue weighted by Crippen LogP contribution is 2.12. The van der Waals surface area contributed by atoms with Crippen molar-refractivity contribution in [3.8, 4) is 0 Å². The molecular formula is C15H21ClN2O2. The van der Waals surface area contributed by atoms with Crippen LogP contribution in [0.5, 0.6) is 0 Å². The first-order valence-electron chi connectivity index (χ1n) is 6.95. The van der Waals surface area contributed by atoms with Gasteiger partial charge in [0.1, 0.15) is 0 Å². The second-order valence-corrected chi connectivity index (χ2v) is 5.63. The van der Waals surface area contributed by atoms with Crippen LogP contribution in [0.4, 0.5) is 0 Å². The van der Waals surface area contributed by atoms with Crippen molar-refractivity contribution in [3.05, 3.63) is 34.9 Å². The summed E-state index contributed by atoms with van der Waals surface area (Å²) in [5, 5.41) is 3.64. The number of carbonyl (C=O) groups excluding carboxylic acids is 1. The molecular weight excluding hydrogens is 276 g/mol. The number of nitrogens with one attached hydrogen (secondary N) is 1. The molecule has 1 aliphatic rings. The Bertz CT molecular complexity index is 453. The third-order valence-electron chi connectivity index (χ3n) is 3.40. The van der Waals surface area contributed by atoms with E-state index in [4.69, 9.17) is 16.3 Å². The first-order valence-corrected chi connectivity index (χ1v) is 7.32. The summed E-state index contributed by atoms with van der Waals surface area (Å²) < 4.78 is 5.60. The monoisotopic (exact) mass is 296 g/mol. The van der Waals surface area contributed by atoms with E-state index in [0.29, 0.717) is 24.4 Å². The molecule has 0 spiro atoms. The molecule has 1 aliphatic heterocycles. The number of morpholine rings is 1. The first-order chi connectivity index (χ1) is 9.63. The molecule has 2 rings (SSSR count). The number of carbonyl (C=O) groups is 1.